The third-order valence-corrected chi connectivity index (χ3v) is 4.50. The normalized spacial score (nSPS) is 15.2. The zero-order chi connectivity index (χ0) is 34.8. The Balaban J connectivity index is 0. The van der Waals surface area contributed by atoms with Crippen LogP contribution in [0.2, 0.25) is 0 Å². The molecule has 5 nitrogen and oxygen atoms in total. The number of aliphatic hydroxyl groups is 1. The van der Waals surface area contributed by atoms with Crippen molar-refractivity contribution in [2.45, 2.75) is 66.1 Å². The van der Waals surface area contributed by atoms with Crippen LogP contribution in [0.4, 0.5) is 83.4 Å². The first-order valence-electron chi connectivity index (χ1n) is 9.54. The molecule has 248 valence electrons. The lowest BCUT2D eigenvalue weighted by atomic mass is 9.83. The highest BCUT2D eigenvalue weighted by Gasteiger charge is 2.98. The van der Waals surface area contributed by atoms with Gasteiger partial charge in [0.25, 0.3) is 0 Å². The molecule has 24 heteroatoms. The molecule has 1 unspecified atom stereocenters. The summed E-state index contributed by atoms with van der Waals surface area (Å²) < 4.78 is 254. The van der Waals surface area contributed by atoms with E-state index >= 15 is 0 Å². The van der Waals surface area contributed by atoms with E-state index in [1.807, 2.05) is 0 Å². The average molecular weight is 670 g/mol. The Bertz CT molecular complexity index is 969. The Morgan fingerprint density at radius 1 is 0.619 bits per heavy atom. The minimum Gasteiger partial charge on any atom is -0.478 e. The smallest absolute Gasteiger partial charge is 0.438 e. The molecular formula is C18H13F19O5. The number of carboxylic acids is 1. The average Bonchev–Trinajstić information content (AvgIpc) is 2.79. The highest BCUT2D eigenvalue weighted by Crippen LogP contribution is 2.66. The van der Waals surface area contributed by atoms with E-state index in [4.69, 9.17) is 10.2 Å². The van der Waals surface area contributed by atoms with E-state index < -0.39 is 84.6 Å². The predicted molar refractivity (Wildman–Crippen MR) is 95.2 cm³/mol. The van der Waals surface area contributed by atoms with Crippen LogP contribution in [-0.2, 0) is 14.3 Å². The van der Waals surface area contributed by atoms with Gasteiger partial charge in [-0.05, 0) is 0 Å². The molecule has 0 radical (unpaired) electrons. The first kappa shape index (κ1) is 41.2. The summed E-state index contributed by atoms with van der Waals surface area (Å²) in [5.74, 6) is -53.4. The van der Waals surface area contributed by atoms with E-state index in [-0.39, 0.29) is 6.08 Å². The highest BCUT2D eigenvalue weighted by molar-refractivity contribution is 5.81. The topological polar surface area (TPSA) is 83.8 Å². The van der Waals surface area contributed by atoms with Gasteiger partial charge in [-0.1, -0.05) is 13.2 Å². The molecule has 0 fully saturated rings. The summed E-state index contributed by atoms with van der Waals surface area (Å²) in [7, 11) is 0. The third kappa shape index (κ3) is 6.98. The lowest BCUT2D eigenvalue weighted by Gasteiger charge is -2.45. The van der Waals surface area contributed by atoms with Crippen LogP contribution in [0.15, 0.2) is 25.3 Å². The minimum absolute atomic E-state index is 0.239. The minimum atomic E-state index is -9.11. The number of carboxylic acid groups (broad SMARTS) is 1. The summed E-state index contributed by atoms with van der Waals surface area (Å²) in [6, 6.07) is 0. The van der Waals surface area contributed by atoms with Crippen molar-refractivity contribution in [2.75, 3.05) is 6.61 Å². The molecule has 0 saturated carbocycles. The van der Waals surface area contributed by atoms with E-state index in [0.717, 1.165) is 6.08 Å². The number of hydrogen-bond donors (Lipinski definition) is 2. The molecule has 1 atom stereocenters. The van der Waals surface area contributed by atoms with Gasteiger partial charge in [0.05, 0.1) is 6.10 Å². The number of hydrogen-bond acceptors (Lipinski definition) is 4. The van der Waals surface area contributed by atoms with Gasteiger partial charge in [0, 0.05) is 18.6 Å². The number of ether oxygens (including phenoxy) is 1. The van der Waals surface area contributed by atoms with Crippen molar-refractivity contribution in [1.29, 1.82) is 0 Å². The molecule has 0 aliphatic heterocycles. The molecule has 0 spiro atoms. The molecule has 0 aromatic heterocycles. The molecule has 42 heavy (non-hydrogen) atoms. The molecule has 2 N–H and O–H groups in total. The van der Waals surface area contributed by atoms with Gasteiger partial charge in [-0.15, -0.1) is 0 Å². The Hall–Kier alpha value is -2.95. The third-order valence-electron chi connectivity index (χ3n) is 4.50. The molecule has 0 aliphatic rings. The lowest BCUT2D eigenvalue weighted by molar-refractivity contribution is -0.472. The largest absolute Gasteiger partial charge is 0.478 e. The standard InChI is InChI=1S/C15H9F19O3.C3H4O2/c1-2-6(36)37-4-5(35)3-7(16,17)9(19,20)11(23,24)13(27,28)12(25,26)10(21,22)8(18,14(29,30)31)15(32,33)34;1-2-3(4)5/h2,5,35H,1,3-4H2;2H,1H2,(H,4,5). The summed E-state index contributed by atoms with van der Waals surface area (Å²) in [4.78, 5) is 19.9. The van der Waals surface area contributed by atoms with Gasteiger partial charge in [0.15, 0.2) is 0 Å². The number of carbonyl (C=O) groups is 2. The number of carbonyl (C=O) groups excluding carboxylic acids is 1. The maximum absolute atomic E-state index is 13.7. The van der Waals surface area contributed by atoms with Crippen LogP contribution in [0.3, 0.4) is 0 Å². The zero-order valence-electron chi connectivity index (χ0n) is 19.4. The monoisotopic (exact) mass is 670 g/mol. The highest BCUT2D eigenvalue weighted by atomic mass is 19.4. The van der Waals surface area contributed by atoms with Gasteiger partial charge < -0.3 is 14.9 Å². The second kappa shape index (κ2) is 12.3. The van der Waals surface area contributed by atoms with Crippen molar-refractivity contribution >= 4 is 11.9 Å². The van der Waals surface area contributed by atoms with Crippen LogP contribution in [-0.4, -0.2) is 88.4 Å². The first-order valence-corrected chi connectivity index (χ1v) is 9.54. The van der Waals surface area contributed by atoms with Crippen molar-refractivity contribution in [3.63, 3.8) is 0 Å². The lowest BCUT2D eigenvalue weighted by Crippen LogP contribution is -2.77. The van der Waals surface area contributed by atoms with Crippen LogP contribution in [0.5, 0.6) is 0 Å². The van der Waals surface area contributed by atoms with E-state index in [2.05, 4.69) is 17.9 Å². The fourth-order valence-electron chi connectivity index (χ4n) is 2.27. The van der Waals surface area contributed by atoms with Gasteiger partial charge in [0.2, 0.25) is 0 Å². The molecule has 0 aromatic rings. The predicted octanol–water partition coefficient (Wildman–Crippen LogP) is 6.37. The van der Waals surface area contributed by atoms with Crippen molar-refractivity contribution in [1.82, 2.24) is 0 Å². The second-order valence-corrected chi connectivity index (χ2v) is 7.46. The van der Waals surface area contributed by atoms with Crippen molar-refractivity contribution in [3.05, 3.63) is 25.3 Å². The fourth-order valence-corrected chi connectivity index (χ4v) is 2.27. The number of aliphatic carboxylic acids is 1. The second-order valence-electron chi connectivity index (χ2n) is 7.46. The summed E-state index contributed by atoms with van der Waals surface area (Å²) in [6.07, 6.45) is -22.1. The quantitative estimate of drug-likeness (QED) is 0.143. The maximum atomic E-state index is 13.7. The SMILES string of the molecule is C=CC(=O)O.C=CC(=O)OCC(O)CC(F)(F)C(F)(F)C(F)(F)C(F)(F)C(F)(F)C(F)(F)C(F)(C(F)(F)F)C(F)(F)F. The summed E-state index contributed by atoms with van der Waals surface area (Å²) >= 11 is 0. The Morgan fingerprint density at radius 3 is 1.21 bits per heavy atom. The van der Waals surface area contributed by atoms with Crippen molar-refractivity contribution in [3.8, 4) is 0 Å². The fraction of sp³-hybridized carbons (Fsp3) is 0.667. The van der Waals surface area contributed by atoms with E-state index in [0.29, 0.717) is 0 Å². The van der Waals surface area contributed by atoms with Gasteiger partial charge >= 0.3 is 65.5 Å². The first-order chi connectivity index (χ1) is 18.1. The number of esters is 1. The van der Waals surface area contributed by atoms with E-state index in [1.165, 1.54) is 0 Å². The van der Waals surface area contributed by atoms with Gasteiger partial charge in [-0.3, -0.25) is 0 Å². The number of rotatable bonds is 12. The van der Waals surface area contributed by atoms with Crippen LogP contribution >= 0.6 is 0 Å². The Kier molecular flexibility index (Phi) is 12.1. The molecule has 0 amide bonds. The molecule has 0 aliphatic carbocycles. The number of aliphatic hydroxyl groups excluding tert-OH is 1. The molecule has 0 bridgehead atoms. The molecule has 0 heterocycles. The summed E-state index contributed by atoms with van der Waals surface area (Å²) in [5.41, 5.74) is -8.81. The summed E-state index contributed by atoms with van der Waals surface area (Å²) in [6.45, 7) is 3.83. The zero-order valence-corrected chi connectivity index (χ0v) is 19.4. The van der Waals surface area contributed by atoms with E-state index in [9.17, 15) is 93.0 Å². The molecule has 0 saturated heterocycles. The summed E-state index contributed by atoms with van der Waals surface area (Å²) in [5, 5.41) is 16.6. The van der Waals surface area contributed by atoms with Crippen LogP contribution in [0.1, 0.15) is 6.42 Å². The van der Waals surface area contributed by atoms with Crippen molar-refractivity contribution in [2.24, 2.45) is 0 Å². The van der Waals surface area contributed by atoms with Gasteiger partial charge in [-0.2, -0.15) is 79.0 Å². The van der Waals surface area contributed by atoms with Crippen molar-refractivity contribution < 1.29 is 108 Å². The Labute approximate surface area is 219 Å². The molecule has 0 rings (SSSR count). The van der Waals surface area contributed by atoms with Gasteiger partial charge in [0.1, 0.15) is 6.61 Å². The molecular weight excluding hydrogens is 657 g/mol. The van der Waals surface area contributed by atoms with Crippen LogP contribution in [0.25, 0.3) is 0 Å². The van der Waals surface area contributed by atoms with Crippen LogP contribution in [0, 0.1) is 0 Å². The van der Waals surface area contributed by atoms with Crippen LogP contribution < -0.4 is 0 Å². The Morgan fingerprint density at radius 2 is 0.929 bits per heavy atom. The van der Waals surface area contributed by atoms with Gasteiger partial charge in [-0.25, -0.2) is 14.0 Å². The number of alkyl halides is 19. The molecule has 0 aromatic carbocycles. The maximum Gasteiger partial charge on any atom is 0.438 e. The van der Waals surface area contributed by atoms with E-state index in [1.54, 1.807) is 0 Å². The number of halogens is 19.